The van der Waals surface area contributed by atoms with Gasteiger partial charge in [0.2, 0.25) is 0 Å². The molecular formula is C15H30S3. The van der Waals surface area contributed by atoms with E-state index in [2.05, 4.69) is 13.8 Å². The lowest BCUT2D eigenvalue weighted by Crippen LogP contribution is -1.84. The van der Waals surface area contributed by atoms with E-state index in [4.69, 9.17) is 12.2 Å². The molecule has 0 rings (SSSR count). The van der Waals surface area contributed by atoms with Gasteiger partial charge in [-0.1, -0.05) is 105 Å². The molecule has 0 saturated carbocycles. The summed E-state index contributed by atoms with van der Waals surface area (Å²) in [4.78, 5) is 0. The molecule has 0 bridgehead atoms. The quantitative estimate of drug-likeness (QED) is 0.204. The topological polar surface area (TPSA) is 0 Å². The first-order chi connectivity index (χ1) is 8.81. The third-order valence-electron chi connectivity index (χ3n) is 3.02. The summed E-state index contributed by atoms with van der Waals surface area (Å²) in [6, 6.07) is 0. The third-order valence-corrected chi connectivity index (χ3v) is 6.38. The monoisotopic (exact) mass is 306 g/mol. The van der Waals surface area contributed by atoms with Gasteiger partial charge in [-0.3, -0.25) is 0 Å². The average Bonchev–Trinajstić information content (AvgIpc) is 2.39. The molecule has 0 aromatic heterocycles. The van der Waals surface area contributed by atoms with Crippen molar-refractivity contribution in [2.75, 3.05) is 5.75 Å². The lowest BCUT2D eigenvalue weighted by atomic mass is 10.1. The second-order valence-electron chi connectivity index (χ2n) is 4.81. The van der Waals surface area contributed by atoms with Gasteiger partial charge < -0.3 is 0 Å². The maximum atomic E-state index is 5.18. The van der Waals surface area contributed by atoms with Crippen LogP contribution in [0.25, 0.3) is 0 Å². The Balaban J connectivity index is 2.97. The minimum Gasteiger partial charge on any atom is -0.0884 e. The minimum absolute atomic E-state index is 1.03. The van der Waals surface area contributed by atoms with Gasteiger partial charge in [-0.2, -0.15) is 0 Å². The largest absolute Gasteiger partial charge is 0.0884 e. The molecule has 0 spiro atoms. The first-order valence-electron chi connectivity index (χ1n) is 7.63. The second kappa shape index (κ2) is 15.8. The molecule has 3 heteroatoms. The molecule has 0 atom stereocenters. The van der Waals surface area contributed by atoms with Gasteiger partial charge in [0.15, 0.2) is 0 Å². The Labute approximate surface area is 128 Å². The molecule has 0 heterocycles. The zero-order chi connectivity index (χ0) is 13.5. The van der Waals surface area contributed by atoms with Gasteiger partial charge in [-0.05, 0) is 12.8 Å². The van der Waals surface area contributed by atoms with Crippen molar-refractivity contribution >= 4 is 38.0 Å². The number of unbranched alkanes of at least 4 members (excludes halogenated alkanes) is 9. The van der Waals surface area contributed by atoms with Crippen LogP contribution in [0.15, 0.2) is 0 Å². The zero-order valence-electron chi connectivity index (χ0n) is 12.2. The van der Waals surface area contributed by atoms with Crippen LogP contribution in [0, 0.1) is 0 Å². The molecule has 0 N–H and O–H groups in total. The molecular weight excluding hydrogens is 276 g/mol. The third kappa shape index (κ3) is 14.8. The molecule has 0 aliphatic rings. The van der Waals surface area contributed by atoms with Gasteiger partial charge in [0.05, 0.1) is 4.20 Å². The maximum absolute atomic E-state index is 5.18. The van der Waals surface area contributed by atoms with Crippen molar-refractivity contribution in [3.05, 3.63) is 0 Å². The fourth-order valence-corrected chi connectivity index (χ4v) is 4.25. The molecule has 0 aliphatic heterocycles. The van der Waals surface area contributed by atoms with E-state index in [1.165, 1.54) is 70.0 Å². The number of rotatable bonds is 13. The number of hydrogen-bond donors (Lipinski definition) is 0. The average molecular weight is 307 g/mol. The summed E-state index contributed by atoms with van der Waals surface area (Å²) in [5, 5.41) is 0. The molecule has 0 radical (unpaired) electrons. The molecule has 108 valence electrons. The SMILES string of the molecule is CCCCCCCCCCCCSSC(=S)CC. The van der Waals surface area contributed by atoms with Gasteiger partial charge >= 0.3 is 0 Å². The van der Waals surface area contributed by atoms with Crippen molar-refractivity contribution in [2.24, 2.45) is 0 Å². The highest BCUT2D eigenvalue weighted by Crippen LogP contribution is 2.26. The van der Waals surface area contributed by atoms with Crippen molar-refractivity contribution < 1.29 is 0 Å². The summed E-state index contributed by atoms with van der Waals surface area (Å²) in [5.74, 6) is 1.27. The summed E-state index contributed by atoms with van der Waals surface area (Å²) in [5.41, 5.74) is 0. The van der Waals surface area contributed by atoms with E-state index in [9.17, 15) is 0 Å². The van der Waals surface area contributed by atoms with Crippen molar-refractivity contribution in [1.82, 2.24) is 0 Å². The summed E-state index contributed by atoms with van der Waals surface area (Å²) >= 11 is 5.18. The van der Waals surface area contributed by atoms with Crippen LogP contribution in [0.1, 0.15) is 84.5 Å². The molecule has 0 unspecified atom stereocenters. The van der Waals surface area contributed by atoms with Gasteiger partial charge in [-0.25, -0.2) is 0 Å². The molecule has 0 aromatic carbocycles. The lowest BCUT2D eigenvalue weighted by molar-refractivity contribution is 0.563. The highest BCUT2D eigenvalue weighted by atomic mass is 33.1. The highest BCUT2D eigenvalue weighted by molar-refractivity contribution is 8.83. The number of thiocarbonyl (C=S) groups is 1. The summed E-state index contributed by atoms with van der Waals surface area (Å²) < 4.78 is 1.15. The maximum Gasteiger partial charge on any atom is 0.0584 e. The minimum atomic E-state index is 1.03. The van der Waals surface area contributed by atoms with Crippen molar-refractivity contribution in [1.29, 1.82) is 0 Å². The summed E-state index contributed by atoms with van der Waals surface area (Å²) in [7, 11) is 3.74. The predicted molar refractivity (Wildman–Crippen MR) is 94.8 cm³/mol. The molecule has 0 fully saturated rings. The van der Waals surface area contributed by atoms with Crippen LogP contribution in [0.4, 0.5) is 0 Å². The Morgan fingerprint density at radius 3 is 1.78 bits per heavy atom. The molecule has 18 heavy (non-hydrogen) atoms. The molecule has 0 aliphatic carbocycles. The zero-order valence-corrected chi connectivity index (χ0v) is 14.7. The highest BCUT2D eigenvalue weighted by Gasteiger charge is 1.96. The molecule has 0 nitrogen and oxygen atoms in total. The van der Waals surface area contributed by atoms with Gasteiger partial charge in [0, 0.05) is 5.75 Å². The fraction of sp³-hybridized carbons (Fsp3) is 0.933. The van der Waals surface area contributed by atoms with Crippen LogP contribution < -0.4 is 0 Å². The van der Waals surface area contributed by atoms with Gasteiger partial charge in [0.1, 0.15) is 0 Å². The van der Waals surface area contributed by atoms with Crippen molar-refractivity contribution in [2.45, 2.75) is 84.5 Å². The molecule has 0 amide bonds. The first kappa shape index (κ1) is 18.8. The number of hydrogen-bond acceptors (Lipinski definition) is 3. The second-order valence-corrected chi connectivity index (χ2v) is 8.07. The Morgan fingerprint density at radius 2 is 1.28 bits per heavy atom. The Hall–Kier alpha value is 0.790. The van der Waals surface area contributed by atoms with Crippen LogP contribution in [0.3, 0.4) is 0 Å². The Bertz CT molecular complexity index is 181. The smallest absolute Gasteiger partial charge is 0.0584 e. The van der Waals surface area contributed by atoms with Gasteiger partial charge in [0.25, 0.3) is 0 Å². The van der Waals surface area contributed by atoms with E-state index < -0.39 is 0 Å². The molecule has 0 saturated heterocycles. The van der Waals surface area contributed by atoms with E-state index in [-0.39, 0.29) is 0 Å². The Morgan fingerprint density at radius 1 is 0.778 bits per heavy atom. The van der Waals surface area contributed by atoms with E-state index in [0.717, 1.165) is 10.6 Å². The van der Waals surface area contributed by atoms with Crippen molar-refractivity contribution in [3.8, 4) is 0 Å². The van der Waals surface area contributed by atoms with E-state index in [1.807, 2.05) is 10.8 Å². The first-order valence-corrected chi connectivity index (χ1v) is 10.4. The van der Waals surface area contributed by atoms with E-state index in [1.54, 1.807) is 10.8 Å². The normalized spacial score (nSPS) is 10.8. The van der Waals surface area contributed by atoms with E-state index >= 15 is 0 Å². The summed E-state index contributed by atoms with van der Waals surface area (Å²) in [6.45, 7) is 4.42. The van der Waals surface area contributed by atoms with Crippen LogP contribution in [0.5, 0.6) is 0 Å². The van der Waals surface area contributed by atoms with Crippen LogP contribution in [-0.2, 0) is 0 Å². The standard InChI is InChI=1S/C15H30S3/c1-3-5-6-7-8-9-10-11-12-13-14-17-18-15(16)4-2/h3-14H2,1-2H3. The van der Waals surface area contributed by atoms with Crippen molar-refractivity contribution in [3.63, 3.8) is 0 Å². The van der Waals surface area contributed by atoms with Gasteiger partial charge in [-0.15, -0.1) is 0 Å². The summed E-state index contributed by atoms with van der Waals surface area (Å²) in [6.07, 6.45) is 15.3. The lowest BCUT2D eigenvalue weighted by Gasteiger charge is -2.02. The Kier molecular flexibility index (Phi) is 16.5. The van der Waals surface area contributed by atoms with Crippen LogP contribution in [0.2, 0.25) is 0 Å². The van der Waals surface area contributed by atoms with Crippen LogP contribution in [-0.4, -0.2) is 9.95 Å². The van der Waals surface area contributed by atoms with E-state index in [0.29, 0.717) is 0 Å². The predicted octanol–water partition coefficient (Wildman–Crippen LogP) is 7.03. The fourth-order valence-electron chi connectivity index (χ4n) is 1.81. The molecule has 0 aromatic rings. The van der Waals surface area contributed by atoms with Crippen LogP contribution >= 0.6 is 33.8 Å².